The molecule has 1 rings (SSSR count). The van der Waals surface area contributed by atoms with Gasteiger partial charge in [0.05, 0.1) is 6.10 Å². The molecule has 3 N–H and O–H groups in total. The summed E-state index contributed by atoms with van der Waals surface area (Å²) < 4.78 is 4.90. The third kappa shape index (κ3) is 2.97. The standard InChI is InChI=1S/C10H16N2O2/c1-14-6-2-3-10(13)8-7-12-5-4-9(8)11/h4-5,7,10,13H,2-3,6H2,1H3,(H2,11,12). The van der Waals surface area contributed by atoms with Crippen molar-refractivity contribution in [1.82, 2.24) is 4.98 Å². The Balaban J connectivity index is 2.51. The minimum absolute atomic E-state index is 0.543. The summed E-state index contributed by atoms with van der Waals surface area (Å²) in [6, 6.07) is 1.69. The van der Waals surface area contributed by atoms with E-state index >= 15 is 0 Å². The number of methoxy groups -OCH3 is 1. The van der Waals surface area contributed by atoms with E-state index in [0.717, 1.165) is 6.42 Å². The van der Waals surface area contributed by atoms with Crippen LogP contribution in [0.4, 0.5) is 5.69 Å². The number of nitrogens with two attached hydrogens (primary N) is 1. The van der Waals surface area contributed by atoms with Crippen molar-refractivity contribution < 1.29 is 9.84 Å². The van der Waals surface area contributed by atoms with Crippen LogP contribution in [0.5, 0.6) is 0 Å². The number of nitrogens with zero attached hydrogens (tertiary/aromatic N) is 1. The third-order valence-electron chi connectivity index (χ3n) is 2.07. The molecular weight excluding hydrogens is 180 g/mol. The van der Waals surface area contributed by atoms with Crippen LogP contribution in [0.25, 0.3) is 0 Å². The quantitative estimate of drug-likeness (QED) is 0.692. The molecule has 1 atom stereocenters. The largest absolute Gasteiger partial charge is 0.398 e. The average molecular weight is 196 g/mol. The molecule has 0 aliphatic carbocycles. The zero-order chi connectivity index (χ0) is 10.4. The van der Waals surface area contributed by atoms with Crippen molar-refractivity contribution in [2.45, 2.75) is 18.9 Å². The van der Waals surface area contributed by atoms with Gasteiger partial charge in [-0.25, -0.2) is 0 Å². The maximum Gasteiger partial charge on any atom is 0.0825 e. The van der Waals surface area contributed by atoms with Crippen LogP contribution in [0.3, 0.4) is 0 Å². The number of hydrogen-bond donors (Lipinski definition) is 2. The highest BCUT2D eigenvalue weighted by Crippen LogP contribution is 2.22. The van der Waals surface area contributed by atoms with Crippen molar-refractivity contribution in [1.29, 1.82) is 0 Å². The molecule has 14 heavy (non-hydrogen) atoms. The number of aliphatic hydroxyl groups excluding tert-OH is 1. The Kier molecular flexibility index (Phi) is 4.35. The van der Waals surface area contributed by atoms with E-state index in [1.165, 1.54) is 0 Å². The summed E-state index contributed by atoms with van der Waals surface area (Å²) in [6.45, 7) is 0.650. The number of aromatic nitrogens is 1. The van der Waals surface area contributed by atoms with Gasteiger partial charge in [0, 0.05) is 37.4 Å². The number of anilines is 1. The highest BCUT2D eigenvalue weighted by atomic mass is 16.5. The molecule has 0 saturated heterocycles. The van der Waals surface area contributed by atoms with Crippen molar-refractivity contribution in [2.24, 2.45) is 0 Å². The normalized spacial score (nSPS) is 12.7. The second-order valence-electron chi connectivity index (χ2n) is 3.16. The minimum atomic E-state index is -0.543. The zero-order valence-corrected chi connectivity index (χ0v) is 8.31. The minimum Gasteiger partial charge on any atom is -0.398 e. The van der Waals surface area contributed by atoms with Gasteiger partial charge in [0.25, 0.3) is 0 Å². The molecular formula is C10H16N2O2. The van der Waals surface area contributed by atoms with E-state index in [0.29, 0.717) is 24.3 Å². The van der Waals surface area contributed by atoms with Gasteiger partial charge in [0.1, 0.15) is 0 Å². The topological polar surface area (TPSA) is 68.4 Å². The molecule has 0 fully saturated rings. The lowest BCUT2D eigenvalue weighted by atomic mass is 10.1. The molecule has 0 aliphatic rings. The van der Waals surface area contributed by atoms with Gasteiger partial charge in [-0.1, -0.05) is 0 Å². The van der Waals surface area contributed by atoms with Crippen LogP contribution in [-0.2, 0) is 4.74 Å². The van der Waals surface area contributed by atoms with E-state index in [1.54, 1.807) is 25.6 Å². The van der Waals surface area contributed by atoms with Crippen molar-refractivity contribution in [3.8, 4) is 0 Å². The molecule has 1 heterocycles. The van der Waals surface area contributed by atoms with Gasteiger partial charge in [0.15, 0.2) is 0 Å². The van der Waals surface area contributed by atoms with Gasteiger partial charge >= 0.3 is 0 Å². The molecule has 1 unspecified atom stereocenters. The van der Waals surface area contributed by atoms with Crippen LogP contribution in [0.1, 0.15) is 24.5 Å². The summed E-state index contributed by atoms with van der Waals surface area (Å²) in [5.41, 5.74) is 6.98. The number of nitrogen functional groups attached to an aromatic ring is 1. The Bertz CT molecular complexity index is 279. The van der Waals surface area contributed by atoms with Gasteiger partial charge in [-0.3, -0.25) is 4.98 Å². The van der Waals surface area contributed by atoms with E-state index in [4.69, 9.17) is 10.5 Å². The van der Waals surface area contributed by atoms with Crippen molar-refractivity contribution in [2.75, 3.05) is 19.5 Å². The first-order valence-corrected chi connectivity index (χ1v) is 4.62. The molecule has 0 spiro atoms. The molecule has 0 saturated carbocycles. The van der Waals surface area contributed by atoms with E-state index in [9.17, 15) is 5.11 Å². The molecule has 0 bridgehead atoms. The molecule has 0 radical (unpaired) electrons. The second-order valence-corrected chi connectivity index (χ2v) is 3.16. The molecule has 4 heteroatoms. The van der Waals surface area contributed by atoms with Crippen LogP contribution in [-0.4, -0.2) is 23.8 Å². The van der Waals surface area contributed by atoms with Gasteiger partial charge in [0.2, 0.25) is 0 Å². The summed E-state index contributed by atoms with van der Waals surface area (Å²) in [5.74, 6) is 0. The third-order valence-corrected chi connectivity index (χ3v) is 2.07. The second kappa shape index (κ2) is 5.57. The van der Waals surface area contributed by atoms with Crippen molar-refractivity contribution in [3.05, 3.63) is 24.0 Å². The molecule has 1 aromatic rings. The number of hydrogen-bond acceptors (Lipinski definition) is 4. The fourth-order valence-corrected chi connectivity index (χ4v) is 1.27. The summed E-state index contributed by atoms with van der Waals surface area (Å²) in [5, 5.41) is 9.75. The lowest BCUT2D eigenvalue weighted by molar-refractivity contribution is 0.136. The molecule has 0 aromatic carbocycles. The van der Waals surface area contributed by atoms with Crippen LogP contribution in [0.15, 0.2) is 18.5 Å². The highest BCUT2D eigenvalue weighted by molar-refractivity contribution is 5.45. The van der Waals surface area contributed by atoms with Crippen molar-refractivity contribution >= 4 is 5.69 Å². The van der Waals surface area contributed by atoms with Crippen LogP contribution in [0, 0.1) is 0 Å². The SMILES string of the molecule is COCCCC(O)c1cnccc1N. The highest BCUT2D eigenvalue weighted by Gasteiger charge is 2.10. The lowest BCUT2D eigenvalue weighted by Gasteiger charge is -2.11. The van der Waals surface area contributed by atoms with Gasteiger partial charge < -0.3 is 15.6 Å². The molecule has 4 nitrogen and oxygen atoms in total. The van der Waals surface area contributed by atoms with E-state index in [-0.39, 0.29) is 0 Å². The Morgan fingerprint density at radius 3 is 3.07 bits per heavy atom. The predicted octanol–water partition coefficient (Wildman–Crippen LogP) is 1.12. The van der Waals surface area contributed by atoms with Gasteiger partial charge in [-0.05, 0) is 18.9 Å². The monoisotopic (exact) mass is 196 g/mol. The van der Waals surface area contributed by atoms with E-state index < -0.39 is 6.10 Å². The number of ether oxygens (including phenoxy) is 1. The summed E-state index contributed by atoms with van der Waals surface area (Å²) in [7, 11) is 1.64. The van der Waals surface area contributed by atoms with Crippen LogP contribution >= 0.6 is 0 Å². The zero-order valence-electron chi connectivity index (χ0n) is 8.31. The predicted molar refractivity (Wildman–Crippen MR) is 54.7 cm³/mol. The Morgan fingerprint density at radius 2 is 2.43 bits per heavy atom. The van der Waals surface area contributed by atoms with E-state index in [1.807, 2.05) is 0 Å². The Morgan fingerprint density at radius 1 is 1.64 bits per heavy atom. The van der Waals surface area contributed by atoms with Crippen molar-refractivity contribution in [3.63, 3.8) is 0 Å². The molecule has 0 amide bonds. The van der Waals surface area contributed by atoms with Gasteiger partial charge in [-0.15, -0.1) is 0 Å². The first-order valence-electron chi connectivity index (χ1n) is 4.62. The van der Waals surface area contributed by atoms with Crippen LogP contribution < -0.4 is 5.73 Å². The number of pyridine rings is 1. The smallest absolute Gasteiger partial charge is 0.0825 e. The summed E-state index contributed by atoms with van der Waals surface area (Å²) >= 11 is 0. The molecule has 0 aliphatic heterocycles. The first-order chi connectivity index (χ1) is 6.75. The fourth-order valence-electron chi connectivity index (χ4n) is 1.27. The summed E-state index contributed by atoms with van der Waals surface area (Å²) in [6.07, 6.45) is 4.13. The fraction of sp³-hybridized carbons (Fsp3) is 0.500. The van der Waals surface area contributed by atoms with Gasteiger partial charge in [-0.2, -0.15) is 0 Å². The molecule has 78 valence electrons. The Labute approximate surface area is 83.7 Å². The lowest BCUT2D eigenvalue weighted by Crippen LogP contribution is -2.04. The average Bonchev–Trinajstić information content (AvgIpc) is 2.18. The molecule has 1 aromatic heterocycles. The van der Waals surface area contributed by atoms with E-state index in [2.05, 4.69) is 4.98 Å². The Hall–Kier alpha value is -1.13. The first kappa shape index (κ1) is 10.9. The number of rotatable bonds is 5. The van der Waals surface area contributed by atoms with Crippen LogP contribution in [0.2, 0.25) is 0 Å². The number of aliphatic hydroxyl groups is 1. The maximum atomic E-state index is 9.75. The summed E-state index contributed by atoms with van der Waals surface area (Å²) in [4.78, 5) is 3.92. The maximum absolute atomic E-state index is 9.75.